The predicted molar refractivity (Wildman–Crippen MR) is 48.9 cm³/mol. The zero-order valence-electron chi connectivity index (χ0n) is 6.98. The highest BCUT2D eigenvalue weighted by Crippen LogP contribution is 2.26. The lowest BCUT2D eigenvalue weighted by molar-refractivity contribution is 0.366. The van der Waals surface area contributed by atoms with Crippen LogP contribution in [0.1, 0.15) is 24.3 Å². The Morgan fingerprint density at radius 1 is 1.55 bits per heavy atom. The largest absolute Gasteiger partial charge is 0.307 e. The molecule has 2 heteroatoms. The summed E-state index contributed by atoms with van der Waals surface area (Å²) in [6.45, 7) is 5.57. The Balaban J connectivity index is 2.32. The average Bonchev–Trinajstić information content (AvgIpc) is 2.31. The minimum Gasteiger partial charge on any atom is -0.307 e. The first-order chi connectivity index (χ1) is 5.17. The molecule has 1 aromatic rings. The molecule has 0 fully saturated rings. The van der Waals surface area contributed by atoms with Crippen LogP contribution >= 0.6 is 11.3 Å². The number of hydrogen-bond donors (Lipinski definition) is 1. The van der Waals surface area contributed by atoms with Gasteiger partial charge in [-0.3, -0.25) is 0 Å². The van der Waals surface area contributed by atoms with Crippen molar-refractivity contribution >= 4 is 11.3 Å². The van der Waals surface area contributed by atoms with Gasteiger partial charge in [0.2, 0.25) is 0 Å². The van der Waals surface area contributed by atoms with Crippen molar-refractivity contribution in [2.75, 3.05) is 0 Å². The Hall–Kier alpha value is -0.340. The van der Waals surface area contributed by atoms with E-state index >= 15 is 0 Å². The fourth-order valence-corrected chi connectivity index (χ4v) is 2.38. The standard InChI is InChI=1S/C9H13NS/c1-9(2)5-7-3-4-11-8(7)6-10-9/h3-4,10H,5-6H2,1-2H3. The highest BCUT2D eigenvalue weighted by Gasteiger charge is 2.24. The summed E-state index contributed by atoms with van der Waals surface area (Å²) in [5.74, 6) is 0. The van der Waals surface area contributed by atoms with Gasteiger partial charge in [-0.2, -0.15) is 0 Å². The first-order valence-electron chi connectivity index (χ1n) is 3.98. The van der Waals surface area contributed by atoms with Crippen molar-refractivity contribution in [3.63, 3.8) is 0 Å². The summed E-state index contributed by atoms with van der Waals surface area (Å²) in [4.78, 5) is 1.52. The number of hydrogen-bond acceptors (Lipinski definition) is 2. The fourth-order valence-electron chi connectivity index (χ4n) is 1.54. The Bertz CT molecular complexity index is 262. The van der Waals surface area contributed by atoms with Crippen LogP contribution in [0.2, 0.25) is 0 Å². The van der Waals surface area contributed by atoms with Crippen LogP contribution in [0.3, 0.4) is 0 Å². The third-order valence-electron chi connectivity index (χ3n) is 2.20. The number of fused-ring (bicyclic) bond motifs is 1. The summed E-state index contributed by atoms with van der Waals surface area (Å²) < 4.78 is 0. The van der Waals surface area contributed by atoms with Crippen LogP contribution in [0.4, 0.5) is 0 Å². The van der Waals surface area contributed by atoms with E-state index in [1.165, 1.54) is 11.3 Å². The minimum atomic E-state index is 0.300. The van der Waals surface area contributed by atoms with Crippen molar-refractivity contribution in [3.05, 3.63) is 21.9 Å². The second kappa shape index (κ2) is 2.32. The molecule has 1 nitrogen and oxygen atoms in total. The lowest BCUT2D eigenvalue weighted by atomic mass is 9.92. The van der Waals surface area contributed by atoms with E-state index in [9.17, 15) is 0 Å². The SMILES string of the molecule is CC1(C)Cc2ccsc2CN1. The highest BCUT2D eigenvalue weighted by molar-refractivity contribution is 7.10. The molecular weight excluding hydrogens is 154 g/mol. The lowest BCUT2D eigenvalue weighted by Crippen LogP contribution is -2.43. The van der Waals surface area contributed by atoms with E-state index in [4.69, 9.17) is 0 Å². The molecular formula is C9H13NS. The molecule has 0 saturated heterocycles. The summed E-state index contributed by atoms with van der Waals surface area (Å²) in [5, 5.41) is 5.70. The van der Waals surface area contributed by atoms with Crippen molar-refractivity contribution in [2.45, 2.75) is 32.4 Å². The molecule has 1 aliphatic heterocycles. The summed E-state index contributed by atoms with van der Waals surface area (Å²) in [7, 11) is 0. The molecule has 0 amide bonds. The molecule has 0 spiro atoms. The lowest BCUT2D eigenvalue weighted by Gasteiger charge is -2.30. The van der Waals surface area contributed by atoms with E-state index in [0.717, 1.165) is 6.54 Å². The maximum atomic E-state index is 3.51. The number of nitrogens with one attached hydrogen (secondary N) is 1. The molecule has 2 heterocycles. The van der Waals surface area contributed by atoms with Crippen LogP contribution in [0.5, 0.6) is 0 Å². The van der Waals surface area contributed by atoms with Gasteiger partial charge >= 0.3 is 0 Å². The first-order valence-corrected chi connectivity index (χ1v) is 4.86. The molecule has 1 N–H and O–H groups in total. The van der Waals surface area contributed by atoms with Gasteiger partial charge in [0, 0.05) is 17.0 Å². The van der Waals surface area contributed by atoms with Crippen LogP contribution in [0, 0.1) is 0 Å². The van der Waals surface area contributed by atoms with Gasteiger partial charge in [0.05, 0.1) is 0 Å². The van der Waals surface area contributed by atoms with Crippen molar-refractivity contribution in [1.82, 2.24) is 5.32 Å². The van der Waals surface area contributed by atoms with Crippen LogP contribution in [-0.4, -0.2) is 5.54 Å². The van der Waals surface area contributed by atoms with Gasteiger partial charge in [0.1, 0.15) is 0 Å². The Labute approximate surface area is 71.4 Å². The van der Waals surface area contributed by atoms with Crippen LogP contribution in [0.15, 0.2) is 11.4 Å². The number of thiophene rings is 1. The van der Waals surface area contributed by atoms with Crippen LogP contribution in [0.25, 0.3) is 0 Å². The smallest absolute Gasteiger partial charge is 0.0307 e. The Morgan fingerprint density at radius 2 is 2.36 bits per heavy atom. The topological polar surface area (TPSA) is 12.0 Å². The molecule has 0 atom stereocenters. The molecule has 11 heavy (non-hydrogen) atoms. The van der Waals surface area contributed by atoms with Crippen molar-refractivity contribution in [3.8, 4) is 0 Å². The molecule has 1 aromatic heterocycles. The molecule has 0 saturated carbocycles. The van der Waals surface area contributed by atoms with Gasteiger partial charge in [-0.05, 0) is 37.3 Å². The maximum absolute atomic E-state index is 3.51. The highest BCUT2D eigenvalue weighted by atomic mass is 32.1. The molecule has 0 unspecified atom stereocenters. The third kappa shape index (κ3) is 1.33. The number of rotatable bonds is 0. The van der Waals surface area contributed by atoms with Gasteiger partial charge in [0.15, 0.2) is 0 Å². The van der Waals surface area contributed by atoms with Gasteiger partial charge < -0.3 is 5.32 Å². The molecule has 1 aliphatic rings. The second-order valence-corrected chi connectivity index (χ2v) is 4.78. The monoisotopic (exact) mass is 167 g/mol. The zero-order valence-corrected chi connectivity index (χ0v) is 7.79. The normalized spacial score (nSPS) is 21.3. The predicted octanol–water partition coefficient (Wildman–Crippen LogP) is 2.17. The van der Waals surface area contributed by atoms with Gasteiger partial charge in [-0.1, -0.05) is 0 Å². The summed E-state index contributed by atoms with van der Waals surface area (Å²) in [6, 6.07) is 2.25. The molecule has 2 rings (SSSR count). The molecule has 0 bridgehead atoms. The van der Waals surface area contributed by atoms with Crippen molar-refractivity contribution in [1.29, 1.82) is 0 Å². The molecule has 0 radical (unpaired) electrons. The van der Waals surface area contributed by atoms with Crippen LogP contribution < -0.4 is 5.32 Å². The molecule has 0 aromatic carbocycles. The minimum absolute atomic E-state index is 0.300. The van der Waals surface area contributed by atoms with Crippen molar-refractivity contribution < 1.29 is 0 Å². The van der Waals surface area contributed by atoms with E-state index in [1.807, 2.05) is 11.3 Å². The summed E-state index contributed by atoms with van der Waals surface area (Å²) in [6.07, 6.45) is 1.17. The third-order valence-corrected chi connectivity index (χ3v) is 3.16. The van der Waals surface area contributed by atoms with E-state index in [2.05, 4.69) is 30.6 Å². The average molecular weight is 167 g/mol. The zero-order chi connectivity index (χ0) is 7.90. The van der Waals surface area contributed by atoms with E-state index in [-0.39, 0.29) is 0 Å². The van der Waals surface area contributed by atoms with E-state index in [0.29, 0.717) is 5.54 Å². The van der Waals surface area contributed by atoms with E-state index < -0.39 is 0 Å². The first kappa shape index (κ1) is 7.32. The Morgan fingerprint density at radius 3 is 3.18 bits per heavy atom. The van der Waals surface area contributed by atoms with Gasteiger partial charge in [0.25, 0.3) is 0 Å². The quantitative estimate of drug-likeness (QED) is 0.624. The molecule has 60 valence electrons. The van der Waals surface area contributed by atoms with Gasteiger partial charge in [-0.25, -0.2) is 0 Å². The van der Waals surface area contributed by atoms with Crippen LogP contribution in [-0.2, 0) is 13.0 Å². The Kier molecular flexibility index (Phi) is 1.55. The maximum Gasteiger partial charge on any atom is 0.0307 e. The summed E-state index contributed by atoms with van der Waals surface area (Å²) in [5.41, 5.74) is 1.84. The molecule has 0 aliphatic carbocycles. The van der Waals surface area contributed by atoms with Crippen molar-refractivity contribution in [2.24, 2.45) is 0 Å². The van der Waals surface area contributed by atoms with E-state index in [1.54, 1.807) is 5.56 Å². The van der Waals surface area contributed by atoms with Gasteiger partial charge in [-0.15, -0.1) is 11.3 Å². The summed E-state index contributed by atoms with van der Waals surface area (Å²) >= 11 is 1.86. The fraction of sp³-hybridized carbons (Fsp3) is 0.556. The second-order valence-electron chi connectivity index (χ2n) is 3.78.